The number of rotatable bonds is 4. The van der Waals surface area contributed by atoms with E-state index >= 15 is 0 Å². The van der Waals surface area contributed by atoms with E-state index < -0.39 is 8.32 Å². The van der Waals surface area contributed by atoms with Gasteiger partial charge in [0.2, 0.25) is 8.32 Å². The van der Waals surface area contributed by atoms with Crippen LogP contribution in [0.5, 0.6) is 5.75 Å². The molecule has 0 saturated carbocycles. The Hall–Kier alpha value is -2.07. The van der Waals surface area contributed by atoms with E-state index in [0.29, 0.717) is 0 Å². The second-order valence-corrected chi connectivity index (χ2v) is 12.6. The SMILES string of the molecule is COC(=O)C=Cc1ccc2c(C)c(O[Si](C)(C)C(C)(C)C)ccc2c1. The largest absolute Gasteiger partial charge is 0.543 e. The summed E-state index contributed by atoms with van der Waals surface area (Å²) in [6.45, 7) is 13.4. The van der Waals surface area contributed by atoms with Gasteiger partial charge in [-0.05, 0) is 65.2 Å². The minimum atomic E-state index is -1.87. The van der Waals surface area contributed by atoms with Crippen molar-refractivity contribution in [1.29, 1.82) is 0 Å². The van der Waals surface area contributed by atoms with Gasteiger partial charge in [0.1, 0.15) is 5.75 Å². The first kappa shape index (κ1) is 19.3. The van der Waals surface area contributed by atoms with E-state index in [1.54, 1.807) is 6.08 Å². The summed E-state index contributed by atoms with van der Waals surface area (Å²) in [4.78, 5) is 11.2. The van der Waals surface area contributed by atoms with Gasteiger partial charge in [-0.1, -0.05) is 39.0 Å². The quantitative estimate of drug-likeness (QED) is 0.399. The molecule has 25 heavy (non-hydrogen) atoms. The lowest BCUT2D eigenvalue weighted by Gasteiger charge is -2.37. The summed E-state index contributed by atoms with van der Waals surface area (Å²) in [5.74, 6) is 0.617. The van der Waals surface area contributed by atoms with Gasteiger partial charge in [0.05, 0.1) is 7.11 Å². The smallest absolute Gasteiger partial charge is 0.330 e. The van der Waals surface area contributed by atoms with E-state index in [1.165, 1.54) is 18.6 Å². The summed E-state index contributed by atoms with van der Waals surface area (Å²) >= 11 is 0. The van der Waals surface area contributed by atoms with Crippen molar-refractivity contribution in [3.05, 3.63) is 47.5 Å². The van der Waals surface area contributed by atoms with Gasteiger partial charge in [0.25, 0.3) is 0 Å². The molecule has 2 rings (SSSR count). The maximum absolute atomic E-state index is 11.2. The maximum Gasteiger partial charge on any atom is 0.330 e. The van der Waals surface area contributed by atoms with E-state index in [9.17, 15) is 4.79 Å². The van der Waals surface area contributed by atoms with Gasteiger partial charge in [-0.15, -0.1) is 0 Å². The van der Waals surface area contributed by atoms with Crippen LogP contribution in [0.3, 0.4) is 0 Å². The first-order valence-electron chi connectivity index (χ1n) is 8.53. The molecule has 0 aliphatic rings. The average molecular weight is 357 g/mol. The number of ether oxygens (including phenoxy) is 1. The van der Waals surface area contributed by atoms with Crippen LogP contribution in [0.2, 0.25) is 18.1 Å². The van der Waals surface area contributed by atoms with Crippen molar-refractivity contribution in [1.82, 2.24) is 0 Å². The Morgan fingerprint density at radius 3 is 2.40 bits per heavy atom. The molecule has 0 aromatic heterocycles. The number of esters is 1. The summed E-state index contributed by atoms with van der Waals surface area (Å²) in [6, 6.07) is 10.3. The zero-order valence-corrected chi connectivity index (χ0v) is 17.3. The molecular formula is C21H28O3Si. The highest BCUT2D eigenvalue weighted by Crippen LogP contribution is 2.39. The Labute approximate surface area is 151 Å². The fourth-order valence-electron chi connectivity index (χ4n) is 2.36. The highest BCUT2D eigenvalue weighted by atomic mass is 28.4. The number of aryl methyl sites for hydroxylation is 1. The van der Waals surface area contributed by atoms with Crippen LogP contribution in [0.1, 0.15) is 31.9 Å². The van der Waals surface area contributed by atoms with Gasteiger partial charge in [0, 0.05) is 6.08 Å². The van der Waals surface area contributed by atoms with Crippen LogP contribution in [-0.4, -0.2) is 21.4 Å². The number of hydrogen-bond donors (Lipinski definition) is 0. The topological polar surface area (TPSA) is 35.5 Å². The zero-order valence-electron chi connectivity index (χ0n) is 16.3. The Balaban J connectivity index is 2.38. The molecule has 0 aliphatic heterocycles. The van der Waals surface area contributed by atoms with Crippen LogP contribution in [0.25, 0.3) is 16.8 Å². The second kappa shape index (κ2) is 7.04. The van der Waals surface area contributed by atoms with Crippen LogP contribution < -0.4 is 4.43 Å². The van der Waals surface area contributed by atoms with Gasteiger partial charge in [0.15, 0.2) is 0 Å². The molecule has 0 atom stereocenters. The minimum absolute atomic E-state index is 0.164. The first-order valence-corrected chi connectivity index (χ1v) is 11.4. The molecule has 0 amide bonds. The molecular weight excluding hydrogens is 328 g/mol. The molecule has 2 aromatic rings. The van der Waals surface area contributed by atoms with Crippen molar-refractivity contribution in [3.8, 4) is 5.75 Å². The molecule has 0 heterocycles. The highest BCUT2D eigenvalue weighted by molar-refractivity contribution is 6.74. The highest BCUT2D eigenvalue weighted by Gasteiger charge is 2.39. The Bertz CT molecular complexity index is 814. The molecule has 0 N–H and O–H groups in total. The van der Waals surface area contributed by atoms with Crippen LogP contribution in [0.4, 0.5) is 0 Å². The molecule has 4 heteroatoms. The molecule has 3 nitrogen and oxygen atoms in total. The molecule has 0 spiro atoms. The number of hydrogen-bond acceptors (Lipinski definition) is 3. The number of carbonyl (C=O) groups is 1. The van der Waals surface area contributed by atoms with Gasteiger partial charge in [-0.2, -0.15) is 0 Å². The van der Waals surface area contributed by atoms with Gasteiger partial charge < -0.3 is 9.16 Å². The van der Waals surface area contributed by atoms with Gasteiger partial charge in [-0.25, -0.2) is 4.79 Å². The van der Waals surface area contributed by atoms with Crippen molar-refractivity contribution >= 4 is 31.1 Å². The zero-order chi connectivity index (χ0) is 18.8. The van der Waals surface area contributed by atoms with Crippen molar-refractivity contribution in [3.63, 3.8) is 0 Å². The molecule has 0 unspecified atom stereocenters. The number of carbonyl (C=O) groups excluding carboxylic acids is 1. The molecule has 2 aromatic carbocycles. The van der Waals surface area contributed by atoms with Gasteiger partial charge in [-0.3, -0.25) is 0 Å². The van der Waals surface area contributed by atoms with Crippen LogP contribution >= 0.6 is 0 Å². The van der Waals surface area contributed by atoms with Crippen LogP contribution in [-0.2, 0) is 9.53 Å². The summed E-state index contributed by atoms with van der Waals surface area (Å²) in [6.07, 6.45) is 3.20. The van der Waals surface area contributed by atoms with E-state index in [4.69, 9.17) is 4.43 Å². The van der Waals surface area contributed by atoms with E-state index in [1.807, 2.05) is 6.07 Å². The third-order valence-corrected chi connectivity index (χ3v) is 9.39. The lowest BCUT2D eigenvalue weighted by Crippen LogP contribution is -2.44. The third kappa shape index (κ3) is 4.31. The average Bonchev–Trinajstić information content (AvgIpc) is 2.54. The third-order valence-electron chi connectivity index (χ3n) is 5.05. The van der Waals surface area contributed by atoms with Crippen LogP contribution in [0, 0.1) is 6.92 Å². The molecule has 0 radical (unpaired) electrons. The molecule has 0 bridgehead atoms. The summed E-state index contributed by atoms with van der Waals surface area (Å²) < 4.78 is 11.1. The standard InChI is InChI=1S/C21H28O3Si/c1-15-18-11-8-16(9-13-20(22)23-5)14-17(18)10-12-19(15)24-25(6,7)21(2,3)4/h8-14H,1-7H3. The minimum Gasteiger partial charge on any atom is -0.543 e. The van der Waals surface area contributed by atoms with E-state index in [2.05, 4.69) is 69.8 Å². The van der Waals surface area contributed by atoms with Crippen LogP contribution in [0.15, 0.2) is 36.4 Å². The van der Waals surface area contributed by atoms with Crippen molar-refractivity contribution in [2.24, 2.45) is 0 Å². The number of methoxy groups -OCH3 is 1. The first-order chi connectivity index (χ1) is 11.5. The second-order valence-electron chi connectivity index (χ2n) is 7.89. The Morgan fingerprint density at radius 2 is 1.80 bits per heavy atom. The number of fused-ring (bicyclic) bond motifs is 1. The fourth-order valence-corrected chi connectivity index (χ4v) is 3.44. The Morgan fingerprint density at radius 1 is 1.12 bits per heavy atom. The molecule has 0 fully saturated rings. The summed E-state index contributed by atoms with van der Waals surface area (Å²) in [5, 5.41) is 2.47. The van der Waals surface area contributed by atoms with E-state index in [-0.39, 0.29) is 11.0 Å². The predicted molar refractivity (Wildman–Crippen MR) is 108 cm³/mol. The maximum atomic E-state index is 11.2. The van der Waals surface area contributed by atoms with Crippen molar-refractivity contribution in [2.45, 2.75) is 45.8 Å². The van der Waals surface area contributed by atoms with E-state index in [0.717, 1.165) is 22.3 Å². The Kier molecular flexibility index (Phi) is 5.42. The fraction of sp³-hybridized carbons (Fsp3) is 0.381. The van der Waals surface area contributed by atoms with Crippen molar-refractivity contribution < 1.29 is 14.0 Å². The lowest BCUT2D eigenvalue weighted by atomic mass is 10.0. The number of benzene rings is 2. The predicted octanol–water partition coefficient (Wildman–Crippen LogP) is 5.72. The summed E-state index contributed by atoms with van der Waals surface area (Å²) in [5.41, 5.74) is 2.13. The molecule has 0 saturated heterocycles. The normalized spacial score (nSPS) is 12.6. The lowest BCUT2D eigenvalue weighted by molar-refractivity contribution is -0.134. The molecule has 0 aliphatic carbocycles. The van der Waals surface area contributed by atoms with Crippen molar-refractivity contribution in [2.75, 3.05) is 7.11 Å². The monoisotopic (exact) mass is 356 g/mol. The molecule has 134 valence electrons. The van der Waals surface area contributed by atoms with Gasteiger partial charge >= 0.3 is 5.97 Å². The summed E-state index contributed by atoms with van der Waals surface area (Å²) in [7, 11) is -0.492.